The molecule has 1 atom stereocenters. The topological polar surface area (TPSA) is 53.3 Å². The van der Waals surface area contributed by atoms with Gasteiger partial charge in [0.25, 0.3) is 0 Å². The summed E-state index contributed by atoms with van der Waals surface area (Å²) in [5, 5.41) is 9.81. The van der Waals surface area contributed by atoms with E-state index in [9.17, 15) is 4.79 Å². The van der Waals surface area contributed by atoms with Gasteiger partial charge >= 0.3 is 0 Å². The molecule has 1 aromatic carbocycles. The summed E-state index contributed by atoms with van der Waals surface area (Å²) < 4.78 is 5.73. The van der Waals surface area contributed by atoms with Crippen molar-refractivity contribution in [2.45, 2.75) is 18.9 Å². The van der Waals surface area contributed by atoms with Crippen molar-refractivity contribution in [1.82, 2.24) is 4.90 Å². The lowest BCUT2D eigenvalue weighted by molar-refractivity contribution is -0.142. The zero-order valence-corrected chi connectivity index (χ0v) is 11.8. The molecule has 4 nitrogen and oxygen atoms in total. The van der Waals surface area contributed by atoms with Gasteiger partial charge in [-0.05, 0) is 30.5 Å². The van der Waals surface area contributed by atoms with Crippen LogP contribution in [-0.4, -0.2) is 30.5 Å². The highest BCUT2D eigenvalue weighted by Crippen LogP contribution is 2.47. The zero-order chi connectivity index (χ0) is 14.2. The first-order chi connectivity index (χ1) is 9.64. The lowest BCUT2D eigenvalue weighted by Gasteiger charge is -2.34. The molecule has 104 valence electrons. The maximum Gasteiger partial charge on any atom is 0.243 e. The molecule has 1 heterocycles. The van der Waals surface area contributed by atoms with E-state index in [0.29, 0.717) is 37.6 Å². The number of nitrogens with zero attached hydrogens (tertiary/aromatic N) is 2. The number of benzene rings is 1. The van der Waals surface area contributed by atoms with Gasteiger partial charge in [-0.3, -0.25) is 4.79 Å². The minimum Gasteiger partial charge on any atom is -0.370 e. The van der Waals surface area contributed by atoms with Gasteiger partial charge in [0.05, 0.1) is 19.2 Å². The van der Waals surface area contributed by atoms with Gasteiger partial charge in [-0.1, -0.05) is 23.7 Å². The Labute approximate surface area is 122 Å². The minimum atomic E-state index is -0.748. The molecule has 0 bridgehead atoms. The van der Waals surface area contributed by atoms with Crippen molar-refractivity contribution in [3.8, 4) is 6.07 Å². The third-order valence-corrected chi connectivity index (χ3v) is 4.22. The first-order valence-corrected chi connectivity index (χ1v) is 7.10. The number of amides is 1. The Morgan fingerprint density at radius 1 is 1.40 bits per heavy atom. The second-order valence-corrected chi connectivity index (χ2v) is 5.79. The number of ether oxygens (including phenoxy) is 1. The van der Waals surface area contributed by atoms with Crippen molar-refractivity contribution in [3.63, 3.8) is 0 Å². The van der Waals surface area contributed by atoms with Crippen LogP contribution in [0, 0.1) is 16.7 Å². The van der Waals surface area contributed by atoms with Crippen LogP contribution in [0.1, 0.15) is 24.5 Å². The van der Waals surface area contributed by atoms with Crippen LogP contribution in [-0.2, 0) is 9.53 Å². The van der Waals surface area contributed by atoms with Crippen molar-refractivity contribution >= 4 is 17.5 Å². The standard InChI is InChI=1S/C15H15ClN2O2/c16-12-3-1-11(2-4-12)13-9-18(7-8-20-13)14(19)15(10-17)5-6-15/h1-4,13H,5-9H2. The molecule has 2 aliphatic rings. The molecule has 5 heteroatoms. The highest BCUT2D eigenvalue weighted by atomic mass is 35.5. The third kappa shape index (κ3) is 2.39. The number of hydrogen-bond donors (Lipinski definition) is 0. The average molecular weight is 291 g/mol. The minimum absolute atomic E-state index is 0.0396. The fraction of sp³-hybridized carbons (Fsp3) is 0.467. The lowest BCUT2D eigenvalue weighted by Crippen LogP contribution is -2.45. The Balaban J connectivity index is 1.72. The number of carbonyl (C=O) groups excluding carboxylic acids is 1. The summed E-state index contributed by atoms with van der Waals surface area (Å²) in [7, 11) is 0. The summed E-state index contributed by atoms with van der Waals surface area (Å²) in [4.78, 5) is 14.1. The van der Waals surface area contributed by atoms with Gasteiger partial charge in [0.2, 0.25) is 5.91 Å². The molecule has 1 aliphatic heterocycles. The van der Waals surface area contributed by atoms with Crippen molar-refractivity contribution in [1.29, 1.82) is 5.26 Å². The van der Waals surface area contributed by atoms with Crippen LogP contribution in [0.3, 0.4) is 0 Å². The number of carbonyl (C=O) groups is 1. The molecule has 1 saturated heterocycles. The van der Waals surface area contributed by atoms with Crippen LogP contribution in [0.15, 0.2) is 24.3 Å². The zero-order valence-electron chi connectivity index (χ0n) is 11.0. The van der Waals surface area contributed by atoms with E-state index in [0.717, 1.165) is 5.56 Å². The Morgan fingerprint density at radius 2 is 2.10 bits per heavy atom. The van der Waals surface area contributed by atoms with Gasteiger partial charge in [0, 0.05) is 11.6 Å². The second-order valence-electron chi connectivity index (χ2n) is 5.36. The lowest BCUT2D eigenvalue weighted by atomic mass is 10.0. The third-order valence-electron chi connectivity index (χ3n) is 3.97. The summed E-state index contributed by atoms with van der Waals surface area (Å²) >= 11 is 5.88. The molecule has 1 aromatic rings. The monoisotopic (exact) mass is 290 g/mol. The SMILES string of the molecule is N#CC1(C(=O)N2CCOC(c3ccc(Cl)cc3)C2)CC1. The average Bonchev–Trinajstić information content (AvgIpc) is 3.28. The molecular weight excluding hydrogens is 276 g/mol. The van der Waals surface area contributed by atoms with Gasteiger partial charge in [-0.15, -0.1) is 0 Å². The normalized spacial score (nSPS) is 24.0. The largest absolute Gasteiger partial charge is 0.370 e. The number of nitriles is 1. The number of hydrogen-bond acceptors (Lipinski definition) is 3. The van der Waals surface area contributed by atoms with E-state index in [1.165, 1.54) is 0 Å². The Bertz CT molecular complexity index is 560. The van der Waals surface area contributed by atoms with Crippen LogP contribution in [0.4, 0.5) is 0 Å². The number of morpholine rings is 1. The van der Waals surface area contributed by atoms with Gasteiger partial charge in [-0.25, -0.2) is 0 Å². The predicted octanol–water partition coefficient (Wildman–Crippen LogP) is 2.54. The van der Waals surface area contributed by atoms with Gasteiger partial charge in [0.15, 0.2) is 0 Å². The van der Waals surface area contributed by atoms with Crippen LogP contribution in [0.5, 0.6) is 0 Å². The highest BCUT2D eigenvalue weighted by molar-refractivity contribution is 6.30. The summed E-state index contributed by atoms with van der Waals surface area (Å²) in [6, 6.07) is 9.63. The summed E-state index contributed by atoms with van der Waals surface area (Å²) in [6.07, 6.45) is 1.23. The predicted molar refractivity (Wildman–Crippen MR) is 74.0 cm³/mol. The van der Waals surface area contributed by atoms with E-state index in [-0.39, 0.29) is 12.0 Å². The molecule has 1 aliphatic carbocycles. The summed E-state index contributed by atoms with van der Waals surface area (Å²) in [5.41, 5.74) is 0.260. The Kier molecular flexibility index (Phi) is 3.41. The molecule has 1 saturated carbocycles. The second kappa shape index (κ2) is 5.08. The van der Waals surface area contributed by atoms with E-state index < -0.39 is 5.41 Å². The fourth-order valence-electron chi connectivity index (χ4n) is 2.51. The molecule has 2 fully saturated rings. The van der Waals surface area contributed by atoms with Crippen molar-refractivity contribution in [3.05, 3.63) is 34.9 Å². The molecular formula is C15H15ClN2O2. The Morgan fingerprint density at radius 3 is 2.70 bits per heavy atom. The summed E-state index contributed by atoms with van der Waals surface area (Å²) in [6.45, 7) is 1.57. The molecule has 3 rings (SSSR count). The molecule has 1 amide bonds. The van der Waals surface area contributed by atoms with Crippen molar-refractivity contribution in [2.24, 2.45) is 5.41 Å². The van der Waals surface area contributed by atoms with Crippen LogP contribution in [0.25, 0.3) is 0 Å². The molecule has 1 unspecified atom stereocenters. The van der Waals surface area contributed by atoms with Crippen LogP contribution >= 0.6 is 11.6 Å². The van der Waals surface area contributed by atoms with E-state index in [1.807, 2.05) is 24.3 Å². The van der Waals surface area contributed by atoms with Crippen LogP contribution in [0.2, 0.25) is 5.02 Å². The number of halogens is 1. The van der Waals surface area contributed by atoms with E-state index >= 15 is 0 Å². The first-order valence-electron chi connectivity index (χ1n) is 6.72. The van der Waals surface area contributed by atoms with E-state index in [4.69, 9.17) is 21.6 Å². The molecule has 0 spiro atoms. The smallest absolute Gasteiger partial charge is 0.243 e. The first kappa shape index (κ1) is 13.4. The molecule has 0 N–H and O–H groups in total. The van der Waals surface area contributed by atoms with E-state index in [1.54, 1.807) is 4.90 Å². The Hall–Kier alpha value is -1.57. The van der Waals surface area contributed by atoms with Gasteiger partial charge in [-0.2, -0.15) is 5.26 Å². The molecule has 0 radical (unpaired) electrons. The van der Waals surface area contributed by atoms with Crippen molar-refractivity contribution < 1.29 is 9.53 Å². The van der Waals surface area contributed by atoms with E-state index in [2.05, 4.69) is 6.07 Å². The maximum atomic E-state index is 12.4. The van der Waals surface area contributed by atoms with Crippen LogP contribution < -0.4 is 0 Å². The fourth-order valence-corrected chi connectivity index (χ4v) is 2.64. The summed E-state index contributed by atoms with van der Waals surface area (Å²) in [5.74, 6) is -0.0396. The van der Waals surface area contributed by atoms with Crippen molar-refractivity contribution in [2.75, 3.05) is 19.7 Å². The number of rotatable bonds is 2. The molecule has 0 aromatic heterocycles. The van der Waals surface area contributed by atoms with Gasteiger partial charge < -0.3 is 9.64 Å². The highest BCUT2D eigenvalue weighted by Gasteiger charge is 2.53. The molecule has 20 heavy (non-hydrogen) atoms. The quantitative estimate of drug-likeness (QED) is 0.841. The van der Waals surface area contributed by atoms with Gasteiger partial charge in [0.1, 0.15) is 11.5 Å². The maximum absolute atomic E-state index is 12.4.